The lowest BCUT2D eigenvalue weighted by Gasteiger charge is -2.36. The molecule has 0 unspecified atom stereocenters. The number of hydrogen-bond donors (Lipinski definition) is 0. The Bertz CT molecular complexity index is 528. The summed E-state index contributed by atoms with van der Waals surface area (Å²) in [5, 5.41) is 0.222. The Labute approximate surface area is 114 Å². The molecule has 0 spiro atoms. The predicted molar refractivity (Wildman–Crippen MR) is 68.7 cm³/mol. The van der Waals surface area contributed by atoms with Crippen molar-refractivity contribution in [1.82, 2.24) is 4.31 Å². The van der Waals surface area contributed by atoms with E-state index in [9.17, 15) is 8.42 Å². The first kappa shape index (κ1) is 13.3. The third kappa shape index (κ3) is 2.51. The number of methoxy groups -OCH3 is 1. The van der Waals surface area contributed by atoms with Gasteiger partial charge in [0.2, 0.25) is 10.0 Å². The first-order valence-corrected chi connectivity index (χ1v) is 7.54. The lowest BCUT2D eigenvalue weighted by molar-refractivity contribution is 0.0125. The van der Waals surface area contributed by atoms with Crippen molar-refractivity contribution in [1.29, 1.82) is 0 Å². The largest absolute Gasteiger partial charge is 0.379 e. The molecular formula is C10H11BrClNO3S. The van der Waals surface area contributed by atoms with Gasteiger partial charge >= 0.3 is 0 Å². The topological polar surface area (TPSA) is 46.6 Å². The molecular weight excluding hydrogens is 330 g/mol. The van der Waals surface area contributed by atoms with Gasteiger partial charge in [0.05, 0.1) is 11.1 Å². The van der Waals surface area contributed by atoms with Crippen LogP contribution in [0.1, 0.15) is 0 Å². The zero-order valence-corrected chi connectivity index (χ0v) is 12.2. The van der Waals surface area contributed by atoms with Crippen LogP contribution in [-0.2, 0) is 14.8 Å². The molecule has 0 aromatic heterocycles. The number of rotatable bonds is 3. The highest BCUT2D eigenvalue weighted by atomic mass is 79.9. The molecule has 1 aliphatic heterocycles. The van der Waals surface area contributed by atoms with E-state index in [1.807, 2.05) is 0 Å². The monoisotopic (exact) mass is 339 g/mol. The zero-order chi connectivity index (χ0) is 12.6. The lowest BCUT2D eigenvalue weighted by Crippen LogP contribution is -2.54. The minimum atomic E-state index is -3.49. The Kier molecular flexibility index (Phi) is 3.80. The first-order chi connectivity index (χ1) is 7.95. The molecule has 94 valence electrons. The average molecular weight is 341 g/mol. The molecule has 0 bridgehead atoms. The summed E-state index contributed by atoms with van der Waals surface area (Å²) in [7, 11) is -1.92. The van der Waals surface area contributed by atoms with Gasteiger partial charge in [-0.05, 0) is 18.2 Å². The number of hydrogen-bond acceptors (Lipinski definition) is 3. The second-order valence-electron chi connectivity index (χ2n) is 3.75. The highest BCUT2D eigenvalue weighted by Gasteiger charge is 2.37. The van der Waals surface area contributed by atoms with Gasteiger partial charge in [0.1, 0.15) is 4.90 Å². The van der Waals surface area contributed by atoms with Crippen molar-refractivity contribution in [2.45, 2.75) is 11.0 Å². The van der Waals surface area contributed by atoms with E-state index in [2.05, 4.69) is 15.9 Å². The van der Waals surface area contributed by atoms with E-state index in [1.54, 1.807) is 19.2 Å². The summed E-state index contributed by atoms with van der Waals surface area (Å²) in [5.41, 5.74) is 0. The minimum absolute atomic E-state index is 0.0148. The van der Waals surface area contributed by atoms with Crippen molar-refractivity contribution < 1.29 is 13.2 Å². The van der Waals surface area contributed by atoms with E-state index in [-0.39, 0.29) is 16.0 Å². The summed E-state index contributed by atoms with van der Waals surface area (Å²) in [6.45, 7) is 0.760. The highest BCUT2D eigenvalue weighted by molar-refractivity contribution is 9.10. The van der Waals surface area contributed by atoms with Gasteiger partial charge in [-0.1, -0.05) is 27.5 Å². The summed E-state index contributed by atoms with van der Waals surface area (Å²) in [5.74, 6) is 0. The van der Waals surface area contributed by atoms with Gasteiger partial charge in [-0.3, -0.25) is 0 Å². The number of halogens is 2. The maximum absolute atomic E-state index is 12.2. The van der Waals surface area contributed by atoms with Crippen molar-refractivity contribution in [2.24, 2.45) is 0 Å². The molecule has 0 atom stereocenters. The normalized spacial score (nSPS) is 18.1. The molecule has 7 heteroatoms. The van der Waals surface area contributed by atoms with E-state index < -0.39 is 10.0 Å². The summed E-state index contributed by atoms with van der Waals surface area (Å²) < 4.78 is 31.5. The Morgan fingerprint density at radius 2 is 2.12 bits per heavy atom. The molecule has 1 aromatic rings. The molecule has 0 aliphatic carbocycles. The lowest BCUT2D eigenvalue weighted by atomic mass is 10.2. The van der Waals surface area contributed by atoms with Gasteiger partial charge in [-0.25, -0.2) is 8.42 Å². The summed E-state index contributed by atoms with van der Waals surface area (Å²) >= 11 is 9.18. The number of nitrogens with zero attached hydrogens (tertiary/aromatic N) is 1. The molecule has 1 fully saturated rings. The second kappa shape index (κ2) is 4.85. The predicted octanol–water partition coefficient (Wildman–Crippen LogP) is 2.12. The maximum atomic E-state index is 12.2. The molecule has 0 saturated carbocycles. The van der Waals surface area contributed by atoms with Gasteiger partial charge < -0.3 is 4.74 Å². The van der Waals surface area contributed by atoms with Gasteiger partial charge in [0, 0.05) is 24.7 Å². The van der Waals surface area contributed by atoms with E-state index >= 15 is 0 Å². The van der Waals surface area contributed by atoms with Crippen molar-refractivity contribution in [3.63, 3.8) is 0 Å². The van der Waals surface area contributed by atoms with Crippen LogP contribution >= 0.6 is 27.5 Å². The molecule has 17 heavy (non-hydrogen) atoms. The molecule has 1 aliphatic rings. The van der Waals surface area contributed by atoms with Crippen LogP contribution in [0.25, 0.3) is 0 Å². The standard InChI is InChI=1S/C10H11BrClNO3S/c1-16-8-5-13(6-8)17(14,15)10-3-2-7(11)4-9(10)12/h2-4,8H,5-6H2,1H3. The molecule has 0 amide bonds. The Balaban J connectivity index is 2.27. The fourth-order valence-electron chi connectivity index (χ4n) is 1.57. The fourth-order valence-corrected chi connectivity index (χ4v) is 4.08. The number of sulfonamides is 1. The Morgan fingerprint density at radius 1 is 1.47 bits per heavy atom. The smallest absolute Gasteiger partial charge is 0.244 e. The van der Waals surface area contributed by atoms with Crippen LogP contribution in [0.2, 0.25) is 5.02 Å². The van der Waals surface area contributed by atoms with Gasteiger partial charge in [0.25, 0.3) is 0 Å². The average Bonchev–Trinajstić information content (AvgIpc) is 2.14. The van der Waals surface area contributed by atoms with Crippen LogP contribution in [-0.4, -0.2) is 39.0 Å². The molecule has 1 saturated heterocycles. The van der Waals surface area contributed by atoms with Crippen LogP contribution in [0.4, 0.5) is 0 Å². The fraction of sp³-hybridized carbons (Fsp3) is 0.400. The third-order valence-corrected chi connectivity index (χ3v) is 5.47. The summed E-state index contributed by atoms with van der Waals surface area (Å²) in [6, 6.07) is 4.73. The number of ether oxygens (including phenoxy) is 1. The van der Waals surface area contributed by atoms with Crippen LogP contribution in [0.15, 0.2) is 27.6 Å². The van der Waals surface area contributed by atoms with Crippen molar-refractivity contribution in [3.05, 3.63) is 27.7 Å². The van der Waals surface area contributed by atoms with Gasteiger partial charge in [0.15, 0.2) is 0 Å². The number of benzene rings is 1. The van der Waals surface area contributed by atoms with Crippen molar-refractivity contribution in [2.75, 3.05) is 20.2 Å². The van der Waals surface area contributed by atoms with Crippen LogP contribution in [0.5, 0.6) is 0 Å². The molecule has 0 N–H and O–H groups in total. The van der Waals surface area contributed by atoms with E-state index in [0.29, 0.717) is 13.1 Å². The van der Waals surface area contributed by atoms with Crippen LogP contribution < -0.4 is 0 Å². The Hall–Kier alpha value is -0.140. The second-order valence-corrected chi connectivity index (χ2v) is 6.98. The van der Waals surface area contributed by atoms with Crippen LogP contribution in [0.3, 0.4) is 0 Å². The van der Waals surface area contributed by atoms with Crippen LogP contribution in [0, 0.1) is 0 Å². The minimum Gasteiger partial charge on any atom is -0.379 e. The highest BCUT2D eigenvalue weighted by Crippen LogP contribution is 2.30. The molecule has 2 rings (SSSR count). The quantitative estimate of drug-likeness (QED) is 0.847. The van der Waals surface area contributed by atoms with Crippen molar-refractivity contribution >= 4 is 37.6 Å². The van der Waals surface area contributed by atoms with E-state index in [4.69, 9.17) is 16.3 Å². The molecule has 1 aromatic carbocycles. The molecule has 0 radical (unpaired) electrons. The maximum Gasteiger partial charge on any atom is 0.244 e. The Morgan fingerprint density at radius 3 is 2.65 bits per heavy atom. The third-order valence-electron chi connectivity index (χ3n) is 2.66. The van der Waals surface area contributed by atoms with Crippen molar-refractivity contribution in [3.8, 4) is 0 Å². The summed E-state index contributed by atoms with van der Waals surface area (Å²) in [4.78, 5) is 0.136. The molecule has 4 nitrogen and oxygen atoms in total. The van der Waals surface area contributed by atoms with E-state index in [0.717, 1.165) is 4.47 Å². The first-order valence-electron chi connectivity index (χ1n) is 4.93. The SMILES string of the molecule is COC1CN(S(=O)(=O)c2ccc(Br)cc2Cl)C1. The van der Waals surface area contributed by atoms with Gasteiger partial charge in [-0.2, -0.15) is 4.31 Å². The van der Waals surface area contributed by atoms with E-state index in [1.165, 1.54) is 10.4 Å². The molecule has 1 heterocycles. The summed E-state index contributed by atoms with van der Waals surface area (Å²) in [6.07, 6.45) is -0.0148. The van der Waals surface area contributed by atoms with Gasteiger partial charge in [-0.15, -0.1) is 0 Å². The zero-order valence-electron chi connectivity index (χ0n) is 9.06.